The second-order valence-electron chi connectivity index (χ2n) is 7.88. The molecular weight excluding hydrogens is 541 g/mol. The molecule has 204 valence electrons. The first-order valence-electron chi connectivity index (χ1n) is 10.3. The summed E-state index contributed by atoms with van der Waals surface area (Å²) in [5.74, 6) is 0.0206. The zero-order valence-corrected chi connectivity index (χ0v) is 21.9. The van der Waals surface area contributed by atoms with E-state index in [2.05, 4.69) is 4.18 Å². The van der Waals surface area contributed by atoms with E-state index in [-0.39, 0.29) is 41.0 Å². The summed E-state index contributed by atoms with van der Waals surface area (Å²) < 4.78 is 57.5. The van der Waals surface area contributed by atoms with Crippen LogP contribution in [0.15, 0.2) is 24.3 Å². The van der Waals surface area contributed by atoms with Crippen molar-refractivity contribution in [3.63, 3.8) is 0 Å². The van der Waals surface area contributed by atoms with Crippen molar-refractivity contribution in [3.8, 4) is 5.75 Å². The van der Waals surface area contributed by atoms with Crippen molar-refractivity contribution in [1.29, 1.82) is 0 Å². The van der Waals surface area contributed by atoms with Crippen LogP contribution < -0.4 is 34.3 Å². The van der Waals surface area contributed by atoms with Crippen molar-refractivity contribution < 1.29 is 101 Å². The fourth-order valence-electron chi connectivity index (χ4n) is 3.57. The molecule has 10 atom stereocenters. The number of nitro benzene ring substituents is 1. The van der Waals surface area contributed by atoms with Crippen molar-refractivity contribution >= 4 is 16.1 Å². The monoisotopic (exact) mass is 565 g/mol. The quantitative estimate of drug-likeness (QED) is 0.0534. The van der Waals surface area contributed by atoms with E-state index in [0.29, 0.717) is 0 Å². The zero-order chi connectivity index (χ0) is 26.8. The number of nitrogens with zero attached hydrogens (tertiary/aromatic N) is 1. The third kappa shape index (κ3) is 7.97. The summed E-state index contributed by atoms with van der Waals surface area (Å²) in [4.78, 5) is 10.1. The van der Waals surface area contributed by atoms with Gasteiger partial charge in [-0.15, -0.1) is 0 Å². The summed E-state index contributed by atoms with van der Waals surface area (Å²) >= 11 is 0. The molecule has 6 N–H and O–H groups in total. The van der Waals surface area contributed by atoms with Gasteiger partial charge in [0, 0.05) is 12.1 Å². The summed E-state index contributed by atoms with van der Waals surface area (Å²) in [7, 11) is -5.19. The van der Waals surface area contributed by atoms with Crippen molar-refractivity contribution in [1.82, 2.24) is 0 Å². The van der Waals surface area contributed by atoms with E-state index in [9.17, 15) is 53.7 Å². The Balaban J connectivity index is 0.00000481. The Morgan fingerprint density at radius 2 is 1.46 bits per heavy atom. The standard InChI is InChI=1S/C18H25NO16S.Na/c20-5-9-16(35-18-14(24)12(22)11(21)10(34-18)6-31-36(28,29)30)13(23)15(25)17(33-9)32-8-3-1-7(2-4-8)19(26)27;/h1-4,9-18,20-25H,5-6H2,(H,28,29,30);/q;+1/p-1/t9-,10-,11+,12+,13-,14-,15-,16-,17-,18+;/m1./s1. The first kappa shape index (κ1) is 32.1. The minimum Gasteiger partial charge on any atom is -0.726 e. The molecule has 0 unspecified atom stereocenters. The van der Waals surface area contributed by atoms with Crippen molar-refractivity contribution in [2.45, 2.75) is 61.4 Å². The Hall–Kier alpha value is -1.07. The van der Waals surface area contributed by atoms with E-state index in [1.54, 1.807) is 0 Å². The molecule has 2 saturated heterocycles. The molecule has 2 heterocycles. The predicted molar refractivity (Wildman–Crippen MR) is 109 cm³/mol. The number of ether oxygens (including phenoxy) is 4. The number of benzene rings is 1. The first-order chi connectivity index (χ1) is 16.8. The van der Waals surface area contributed by atoms with Crippen molar-refractivity contribution in [3.05, 3.63) is 34.4 Å². The Labute approximate surface area is 231 Å². The molecule has 0 spiro atoms. The molecule has 37 heavy (non-hydrogen) atoms. The topological polar surface area (TPSA) is 268 Å². The average Bonchev–Trinajstić information content (AvgIpc) is 2.82. The zero-order valence-electron chi connectivity index (χ0n) is 19.1. The Bertz CT molecular complexity index is 996. The van der Waals surface area contributed by atoms with Crippen molar-refractivity contribution in [2.24, 2.45) is 0 Å². The van der Waals surface area contributed by atoms with E-state index >= 15 is 0 Å². The maximum atomic E-state index is 10.8. The normalized spacial score (nSPS) is 36.4. The van der Waals surface area contributed by atoms with Gasteiger partial charge in [-0.05, 0) is 12.1 Å². The molecule has 0 bridgehead atoms. The SMILES string of the molecule is O=[N+]([O-])c1ccc(O[C@@H]2O[C@H](CO)[C@@H](O[C@@H]3O[C@H](COS(=O)(=O)[O-])[C@H](O)[C@H](O)[C@H]3O)[C@H](O)[C@H]2O)cc1.[Na+]. The number of hydrogen-bond acceptors (Lipinski definition) is 16. The molecule has 1 aromatic carbocycles. The van der Waals surface area contributed by atoms with Gasteiger partial charge < -0.3 is 54.1 Å². The number of aliphatic hydroxyl groups is 6. The van der Waals surface area contributed by atoms with Crippen LogP contribution in [0.2, 0.25) is 0 Å². The van der Waals surface area contributed by atoms with Gasteiger partial charge in [0.25, 0.3) is 5.69 Å². The molecule has 19 heteroatoms. The van der Waals surface area contributed by atoms with Crippen LogP contribution in [0.3, 0.4) is 0 Å². The van der Waals surface area contributed by atoms with Crippen LogP contribution in [0.4, 0.5) is 5.69 Å². The minimum atomic E-state index is -5.19. The molecule has 2 aliphatic rings. The number of nitro groups is 1. The largest absolute Gasteiger partial charge is 1.00 e. The molecule has 0 saturated carbocycles. The molecule has 17 nitrogen and oxygen atoms in total. The van der Waals surface area contributed by atoms with Crippen LogP contribution in [0.1, 0.15) is 0 Å². The molecule has 1 aromatic rings. The average molecular weight is 565 g/mol. The van der Waals surface area contributed by atoms with Crippen LogP contribution >= 0.6 is 0 Å². The molecule has 0 aliphatic carbocycles. The van der Waals surface area contributed by atoms with Crippen LogP contribution in [0.25, 0.3) is 0 Å². The van der Waals surface area contributed by atoms with Gasteiger partial charge in [0.15, 0.2) is 6.29 Å². The Morgan fingerprint density at radius 3 is 2.00 bits per heavy atom. The fourth-order valence-corrected chi connectivity index (χ4v) is 3.87. The molecule has 2 aliphatic heterocycles. The maximum absolute atomic E-state index is 10.8. The second-order valence-corrected chi connectivity index (χ2v) is 8.94. The Kier molecular flexibility index (Phi) is 11.6. The van der Waals surface area contributed by atoms with Crippen molar-refractivity contribution in [2.75, 3.05) is 13.2 Å². The van der Waals surface area contributed by atoms with Gasteiger partial charge in [-0.1, -0.05) is 0 Å². The number of aliphatic hydroxyl groups excluding tert-OH is 6. The molecule has 3 rings (SSSR count). The minimum absolute atomic E-state index is 0. The summed E-state index contributed by atoms with van der Waals surface area (Å²) in [5.41, 5.74) is -0.232. The number of rotatable bonds is 9. The predicted octanol–water partition coefficient (Wildman–Crippen LogP) is -6.91. The van der Waals surface area contributed by atoms with Gasteiger partial charge in [0.05, 0.1) is 18.1 Å². The maximum Gasteiger partial charge on any atom is 1.00 e. The summed E-state index contributed by atoms with van der Waals surface area (Å²) in [6.07, 6.45) is -17.7. The third-order valence-corrected chi connectivity index (χ3v) is 5.88. The van der Waals surface area contributed by atoms with Crippen LogP contribution in [0.5, 0.6) is 5.75 Å². The molecule has 2 fully saturated rings. The van der Waals surface area contributed by atoms with Gasteiger partial charge in [-0.3, -0.25) is 14.3 Å². The van der Waals surface area contributed by atoms with E-state index < -0.39 is 89.9 Å². The van der Waals surface area contributed by atoms with Crippen LogP contribution in [-0.2, 0) is 28.8 Å². The summed E-state index contributed by atoms with van der Waals surface area (Å²) in [6, 6.07) is 4.66. The first-order valence-corrected chi connectivity index (χ1v) is 11.6. The molecule has 0 aromatic heterocycles. The third-order valence-electron chi connectivity index (χ3n) is 5.46. The van der Waals surface area contributed by atoms with E-state index in [4.69, 9.17) is 18.9 Å². The summed E-state index contributed by atoms with van der Waals surface area (Å²) in [5, 5.41) is 71.7. The van der Waals surface area contributed by atoms with Gasteiger partial charge in [0.2, 0.25) is 16.7 Å². The molecule has 0 radical (unpaired) electrons. The second kappa shape index (κ2) is 13.3. The van der Waals surface area contributed by atoms with Gasteiger partial charge >= 0.3 is 29.6 Å². The van der Waals surface area contributed by atoms with Gasteiger partial charge in [0.1, 0.15) is 54.6 Å². The van der Waals surface area contributed by atoms with Crippen LogP contribution in [0, 0.1) is 10.1 Å². The molecular formula is C18H24NNaO16S. The fraction of sp³-hybridized carbons (Fsp3) is 0.667. The number of non-ortho nitro benzene ring substituents is 1. The smallest absolute Gasteiger partial charge is 0.726 e. The Morgan fingerprint density at radius 1 is 0.892 bits per heavy atom. The van der Waals surface area contributed by atoms with Gasteiger partial charge in [-0.25, -0.2) is 8.42 Å². The van der Waals surface area contributed by atoms with Crippen LogP contribution in [-0.4, -0.2) is 123 Å². The van der Waals surface area contributed by atoms with E-state index in [1.807, 2.05) is 0 Å². The van der Waals surface area contributed by atoms with E-state index in [1.165, 1.54) is 12.1 Å². The summed E-state index contributed by atoms with van der Waals surface area (Å²) in [6.45, 7) is -1.86. The van der Waals surface area contributed by atoms with Gasteiger partial charge in [-0.2, -0.15) is 0 Å². The van der Waals surface area contributed by atoms with E-state index in [0.717, 1.165) is 12.1 Å². The molecule has 0 amide bonds. The number of hydrogen-bond donors (Lipinski definition) is 6.